The van der Waals surface area contributed by atoms with Crippen LogP contribution in [0.15, 0.2) is 18.2 Å². The van der Waals surface area contributed by atoms with Crippen molar-refractivity contribution in [2.24, 2.45) is 11.7 Å². The number of aliphatic hydroxyl groups excluding tert-OH is 1. The Balaban J connectivity index is 3.06. The second-order valence-electron chi connectivity index (χ2n) is 5.15. The standard InChI is InChI=1S/C15H25NO/c1-5-12(9-17)15(16)14-8-13(10(2)3)7-6-11(14)4/h6-8,10,12,15,17H,5,9,16H2,1-4H3. The van der Waals surface area contributed by atoms with Gasteiger partial charge in [0, 0.05) is 18.6 Å². The highest BCUT2D eigenvalue weighted by atomic mass is 16.3. The summed E-state index contributed by atoms with van der Waals surface area (Å²) >= 11 is 0. The van der Waals surface area contributed by atoms with Crippen LogP contribution in [0.25, 0.3) is 0 Å². The number of aryl methyl sites for hydroxylation is 1. The van der Waals surface area contributed by atoms with Crippen LogP contribution in [0.1, 0.15) is 55.8 Å². The first-order valence-corrected chi connectivity index (χ1v) is 6.48. The average molecular weight is 235 g/mol. The van der Waals surface area contributed by atoms with Crippen LogP contribution in [0.3, 0.4) is 0 Å². The van der Waals surface area contributed by atoms with Gasteiger partial charge in [0.25, 0.3) is 0 Å². The molecule has 1 rings (SSSR count). The summed E-state index contributed by atoms with van der Waals surface area (Å²) < 4.78 is 0. The van der Waals surface area contributed by atoms with E-state index >= 15 is 0 Å². The zero-order chi connectivity index (χ0) is 13.0. The summed E-state index contributed by atoms with van der Waals surface area (Å²) in [5, 5.41) is 9.35. The Bertz CT molecular complexity index is 356. The maximum absolute atomic E-state index is 9.35. The van der Waals surface area contributed by atoms with Crippen molar-refractivity contribution in [1.82, 2.24) is 0 Å². The molecule has 0 fully saturated rings. The zero-order valence-corrected chi connectivity index (χ0v) is 11.4. The van der Waals surface area contributed by atoms with Gasteiger partial charge in [-0.15, -0.1) is 0 Å². The van der Waals surface area contributed by atoms with Gasteiger partial charge in [0.2, 0.25) is 0 Å². The third-order valence-electron chi connectivity index (χ3n) is 3.60. The molecule has 96 valence electrons. The van der Waals surface area contributed by atoms with E-state index in [0.29, 0.717) is 5.92 Å². The molecule has 3 N–H and O–H groups in total. The molecule has 0 heterocycles. The summed E-state index contributed by atoms with van der Waals surface area (Å²) in [5.41, 5.74) is 9.98. The molecule has 0 aliphatic carbocycles. The minimum Gasteiger partial charge on any atom is -0.396 e. The SMILES string of the molecule is CCC(CO)C(N)c1cc(C(C)C)ccc1C. The van der Waals surface area contributed by atoms with Gasteiger partial charge in [0.1, 0.15) is 0 Å². The van der Waals surface area contributed by atoms with Crippen LogP contribution >= 0.6 is 0 Å². The molecule has 0 spiro atoms. The molecule has 0 aliphatic rings. The topological polar surface area (TPSA) is 46.2 Å². The number of aliphatic hydroxyl groups is 1. The highest BCUT2D eigenvalue weighted by Crippen LogP contribution is 2.27. The Morgan fingerprint density at radius 1 is 1.29 bits per heavy atom. The van der Waals surface area contributed by atoms with Crippen LogP contribution in [0.4, 0.5) is 0 Å². The van der Waals surface area contributed by atoms with E-state index in [1.54, 1.807) is 0 Å². The maximum Gasteiger partial charge on any atom is 0.0477 e. The van der Waals surface area contributed by atoms with Gasteiger partial charge >= 0.3 is 0 Å². The summed E-state index contributed by atoms with van der Waals surface area (Å²) in [7, 11) is 0. The van der Waals surface area contributed by atoms with E-state index in [9.17, 15) is 5.11 Å². The molecule has 2 heteroatoms. The summed E-state index contributed by atoms with van der Waals surface area (Å²) in [6, 6.07) is 6.43. The van der Waals surface area contributed by atoms with Crippen LogP contribution in [-0.2, 0) is 0 Å². The lowest BCUT2D eigenvalue weighted by atomic mass is 9.87. The van der Waals surface area contributed by atoms with Crippen molar-refractivity contribution in [2.75, 3.05) is 6.61 Å². The van der Waals surface area contributed by atoms with Crippen molar-refractivity contribution in [3.63, 3.8) is 0 Å². The predicted octanol–water partition coefficient (Wildman–Crippen LogP) is 3.14. The third-order valence-corrected chi connectivity index (χ3v) is 3.60. The smallest absolute Gasteiger partial charge is 0.0477 e. The van der Waals surface area contributed by atoms with Gasteiger partial charge < -0.3 is 10.8 Å². The number of hydrogen-bond acceptors (Lipinski definition) is 2. The van der Waals surface area contributed by atoms with E-state index in [1.807, 2.05) is 0 Å². The van der Waals surface area contributed by atoms with Crippen LogP contribution in [-0.4, -0.2) is 11.7 Å². The molecule has 1 aromatic carbocycles. The number of hydrogen-bond donors (Lipinski definition) is 2. The molecule has 1 aromatic rings. The molecule has 0 aliphatic heterocycles. The molecular formula is C15H25NO. The van der Waals surface area contributed by atoms with E-state index in [2.05, 4.69) is 45.9 Å². The highest BCUT2D eigenvalue weighted by Gasteiger charge is 2.19. The van der Waals surface area contributed by atoms with E-state index in [0.717, 1.165) is 6.42 Å². The summed E-state index contributed by atoms with van der Waals surface area (Å²) in [5.74, 6) is 0.659. The summed E-state index contributed by atoms with van der Waals surface area (Å²) in [6.45, 7) is 8.68. The van der Waals surface area contributed by atoms with Crippen molar-refractivity contribution in [3.8, 4) is 0 Å². The number of rotatable bonds is 5. The molecular weight excluding hydrogens is 210 g/mol. The largest absolute Gasteiger partial charge is 0.396 e. The summed E-state index contributed by atoms with van der Waals surface area (Å²) in [6.07, 6.45) is 0.906. The first-order valence-electron chi connectivity index (χ1n) is 6.48. The zero-order valence-electron chi connectivity index (χ0n) is 11.4. The summed E-state index contributed by atoms with van der Waals surface area (Å²) in [4.78, 5) is 0. The quantitative estimate of drug-likeness (QED) is 0.823. The second kappa shape index (κ2) is 6.18. The number of nitrogens with two attached hydrogens (primary N) is 1. The number of benzene rings is 1. The van der Waals surface area contributed by atoms with Gasteiger partial charge in [-0.1, -0.05) is 39.0 Å². The average Bonchev–Trinajstić information content (AvgIpc) is 2.30. The lowest BCUT2D eigenvalue weighted by Crippen LogP contribution is -2.24. The van der Waals surface area contributed by atoms with E-state index in [-0.39, 0.29) is 18.6 Å². The van der Waals surface area contributed by atoms with Gasteiger partial charge in [0.05, 0.1) is 0 Å². The lowest BCUT2D eigenvalue weighted by molar-refractivity contribution is 0.200. The van der Waals surface area contributed by atoms with Gasteiger partial charge in [-0.2, -0.15) is 0 Å². The van der Waals surface area contributed by atoms with Crippen molar-refractivity contribution < 1.29 is 5.11 Å². The monoisotopic (exact) mass is 235 g/mol. The van der Waals surface area contributed by atoms with E-state index < -0.39 is 0 Å². The molecule has 2 unspecified atom stereocenters. The maximum atomic E-state index is 9.35. The Kier molecular flexibility index (Phi) is 5.16. The van der Waals surface area contributed by atoms with Crippen molar-refractivity contribution in [2.45, 2.75) is 46.1 Å². The molecule has 2 atom stereocenters. The van der Waals surface area contributed by atoms with Crippen LogP contribution in [0.5, 0.6) is 0 Å². The van der Waals surface area contributed by atoms with Gasteiger partial charge in [-0.25, -0.2) is 0 Å². The van der Waals surface area contributed by atoms with E-state index in [4.69, 9.17) is 5.73 Å². The van der Waals surface area contributed by atoms with Crippen molar-refractivity contribution >= 4 is 0 Å². The molecule has 0 amide bonds. The molecule has 0 saturated heterocycles. The third kappa shape index (κ3) is 3.30. The highest BCUT2D eigenvalue weighted by molar-refractivity contribution is 5.35. The fourth-order valence-electron chi connectivity index (χ4n) is 2.13. The van der Waals surface area contributed by atoms with Gasteiger partial charge in [-0.3, -0.25) is 0 Å². The first kappa shape index (κ1) is 14.2. The van der Waals surface area contributed by atoms with Crippen LogP contribution < -0.4 is 5.73 Å². The molecule has 0 bridgehead atoms. The minimum atomic E-state index is -0.0660. The van der Waals surface area contributed by atoms with Crippen LogP contribution in [0.2, 0.25) is 0 Å². The lowest BCUT2D eigenvalue weighted by Gasteiger charge is -2.23. The Labute approximate surface area is 105 Å². The second-order valence-corrected chi connectivity index (χ2v) is 5.15. The van der Waals surface area contributed by atoms with Gasteiger partial charge in [0.15, 0.2) is 0 Å². The molecule has 17 heavy (non-hydrogen) atoms. The molecule has 0 aromatic heterocycles. The van der Waals surface area contributed by atoms with E-state index in [1.165, 1.54) is 16.7 Å². The van der Waals surface area contributed by atoms with Crippen molar-refractivity contribution in [3.05, 3.63) is 34.9 Å². The molecule has 2 nitrogen and oxygen atoms in total. The fraction of sp³-hybridized carbons (Fsp3) is 0.600. The Morgan fingerprint density at radius 3 is 2.41 bits per heavy atom. The normalized spacial score (nSPS) is 15.0. The minimum absolute atomic E-state index is 0.0660. The first-order chi connectivity index (χ1) is 8.01. The predicted molar refractivity (Wildman–Crippen MR) is 73.1 cm³/mol. The molecule has 0 saturated carbocycles. The van der Waals surface area contributed by atoms with Gasteiger partial charge in [-0.05, 0) is 36.0 Å². The molecule has 0 radical (unpaired) electrons. The Hall–Kier alpha value is -0.860. The fourth-order valence-corrected chi connectivity index (χ4v) is 2.13. The van der Waals surface area contributed by atoms with Crippen molar-refractivity contribution in [1.29, 1.82) is 0 Å². The Morgan fingerprint density at radius 2 is 1.94 bits per heavy atom. The van der Waals surface area contributed by atoms with Crippen LogP contribution in [0, 0.1) is 12.8 Å².